The van der Waals surface area contributed by atoms with E-state index in [2.05, 4.69) is 11.6 Å². The van der Waals surface area contributed by atoms with Crippen LogP contribution in [0.15, 0.2) is 0 Å². The highest BCUT2D eigenvalue weighted by atomic mass is 32.2. The second-order valence-corrected chi connectivity index (χ2v) is 6.86. The van der Waals surface area contributed by atoms with Gasteiger partial charge in [-0.2, -0.15) is 11.8 Å². The summed E-state index contributed by atoms with van der Waals surface area (Å²) in [6.45, 7) is 3.76. The van der Waals surface area contributed by atoms with E-state index in [4.69, 9.17) is 0 Å². The van der Waals surface area contributed by atoms with Gasteiger partial charge in [0.05, 0.1) is 12.1 Å². The number of likely N-dealkylation sites (N-methyl/N-ethyl adjacent to an activating group) is 1. The fourth-order valence-corrected chi connectivity index (χ4v) is 3.40. The topological polar surface area (TPSA) is 52.6 Å². The van der Waals surface area contributed by atoms with Gasteiger partial charge < -0.3 is 15.3 Å². The Hall–Kier alpha value is -0.420. The van der Waals surface area contributed by atoms with E-state index in [1.165, 1.54) is 19.3 Å². The molecule has 0 aliphatic heterocycles. The van der Waals surface area contributed by atoms with E-state index in [-0.39, 0.29) is 12.1 Å². The second kappa shape index (κ2) is 6.66. The minimum absolute atomic E-state index is 0.0805. The maximum Gasteiger partial charge on any atom is 0.317 e. The maximum atomic E-state index is 12.0. The molecule has 0 spiro atoms. The fraction of sp³-hybridized carbons (Fsp3) is 0.923. The molecule has 18 heavy (non-hydrogen) atoms. The molecule has 0 saturated heterocycles. The predicted octanol–water partition coefficient (Wildman–Crippen LogP) is 2.07. The van der Waals surface area contributed by atoms with Crippen molar-refractivity contribution in [3.8, 4) is 0 Å². The van der Waals surface area contributed by atoms with Crippen molar-refractivity contribution in [2.24, 2.45) is 0 Å². The lowest BCUT2D eigenvalue weighted by molar-refractivity contribution is 0.0526. The number of nitrogens with one attached hydrogen (secondary N) is 1. The first-order chi connectivity index (χ1) is 8.33. The molecule has 0 aromatic heterocycles. The highest BCUT2D eigenvalue weighted by Gasteiger charge is 2.27. The van der Waals surface area contributed by atoms with Gasteiger partial charge in [0.25, 0.3) is 0 Å². The van der Waals surface area contributed by atoms with Gasteiger partial charge in [0, 0.05) is 18.3 Å². The van der Waals surface area contributed by atoms with E-state index in [1.54, 1.807) is 25.8 Å². The van der Waals surface area contributed by atoms with Crippen molar-refractivity contribution in [1.82, 2.24) is 10.2 Å². The van der Waals surface area contributed by atoms with Crippen molar-refractivity contribution in [3.05, 3.63) is 0 Å². The monoisotopic (exact) mass is 274 g/mol. The van der Waals surface area contributed by atoms with Crippen LogP contribution in [-0.4, -0.2) is 52.8 Å². The van der Waals surface area contributed by atoms with Crippen LogP contribution in [0.2, 0.25) is 0 Å². The average molecular weight is 274 g/mol. The number of amides is 2. The lowest BCUT2D eigenvalue weighted by Crippen LogP contribution is -2.51. The molecule has 106 valence electrons. The zero-order chi connectivity index (χ0) is 13.8. The summed E-state index contributed by atoms with van der Waals surface area (Å²) in [5.41, 5.74) is -0.850. The molecule has 1 saturated carbocycles. The molecule has 2 N–H and O–H groups in total. The first-order valence-electron chi connectivity index (χ1n) is 6.60. The third kappa shape index (κ3) is 5.06. The Labute approximate surface area is 115 Å². The summed E-state index contributed by atoms with van der Waals surface area (Å²) in [4.78, 5) is 13.6. The van der Waals surface area contributed by atoms with Gasteiger partial charge in [-0.1, -0.05) is 12.8 Å². The first kappa shape index (κ1) is 15.6. The van der Waals surface area contributed by atoms with E-state index in [0.29, 0.717) is 11.8 Å². The van der Waals surface area contributed by atoms with Crippen LogP contribution >= 0.6 is 11.8 Å². The number of thioether (sulfide) groups is 1. The van der Waals surface area contributed by atoms with E-state index in [0.717, 1.165) is 6.42 Å². The summed E-state index contributed by atoms with van der Waals surface area (Å²) in [5, 5.41) is 13.3. The summed E-state index contributed by atoms with van der Waals surface area (Å²) in [7, 11) is 1.73. The molecular formula is C13H26N2O2S. The molecule has 4 nitrogen and oxygen atoms in total. The van der Waals surface area contributed by atoms with Crippen molar-refractivity contribution < 1.29 is 9.90 Å². The Morgan fingerprint density at radius 3 is 2.61 bits per heavy atom. The van der Waals surface area contributed by atoms with Gasteiger partial charge in [0.1, 0.15) is 0 Å². The molecule has 1 aliphatic carbocycles. The van der Waals surface area contributed by atoms with Crippen LogP contribution in [0.4, 0.5) is 4.79 Å². The van der Waals surface area contributed by atoms with Gasteiger partial charge in [-0.15, -0.1) is 0 Å². The average Bonchev–Trinajstić information content (AvgIpc) is 2.27. The van der Waals surface area contributed by atoms with Gasteiger partial charge in [0.15, 0.2) is 0 Å². The van der Waals surface area contributed by atoms with Crippen LogP contribution in [0.1, 0.15) is 39.5 Å². The summed E-state index contributed by atoms with van der Waals surface area (Å²) >= 11 is 1.84. The van der Waals surface area contributed by atoms with Crippen LogP contribution < -0.4 is 5.32 Å². The summed E-state index contributed by atoms with van der Waals surface area (Å²) in [6.07, 6.45) is 6.80. The molecule has 0 aromatic carbocycles. The van der Waals surface area contributed by atoms with Crippen LogP contribution in [-0.2, 0) is 0 Å². The molecule has 1 rings (SSSR count). The molecule has 0 bridgehead atoms. The molecule has 2 amide bonds. The summed E-state index contributed by atoms with van der Waals surface area (Å²) < 4.78 is 0. The Morgan fingerprint density at radius 2 is 2.06 bits per heavy atom. The summed E-state index contributed by atoms with van der Waals surface area (Å²) in [5.74, 6) is 0. The lowest BCUT2D eigenvalue weighted by Gasteiger charge is -2.33. The molecule has 1 fully saturated rings. The Kier molecular flexibility index (Phi) is 5.79. The van der Waals surface area contributed by atoms with Crippen molar-refractivity contribution >= 4 is 17.8 Å². The minimum atomic E-state index is -0.850. The number of hydrogen-bond donors (Lipinski definition) is 2. The van der Waals surface area contributed by atoms with E-state index >= 15 is 0 Å². The molecule has 0 heterocycles. The predicted molar refractivity (Wildman–Crippen MR) is 77.0 cm³/mol. The van der Waals surface area contributed by atoms with Gasteiger partial charge in [-0.25, -0.2) is 4.79 Å². The van der Waals surface area contributed by atoms with Crippen LogP contribution in [0, 0.1) is 0 Å². The minimum Gasteiger partial charge on any atom is -0.389 e. The third-order valence-electron chi connectivity index (χ3n) is 3.28. The zero-order valence-corrected chi connectivity index (χ0v) is 12.7. The van der Waals surface area contributed by atoms with Crippen LogP contribution in [0.3, 0.4) is 0 Å². The number of nitrogens with zero attached hydrogens (tertiary/aromatic N) is 1. The van der Waals surface area contributed by atoms with Crippen molar-refractivity contribution in [3.63, 3.8) is 0 Å². The highest BCUT2D eigenvalue weighted by Crippen LogP contribution is 2.27. The number of aliphatic hydroxyl groups is 1. The van der Waals surface area contributed by atoms with Crippen molar-refractivity contribution in [2.45, 2.75) is 56.4 Å². The van der Waals surface area contributed by atoms with Gasteiger partial charge in [0.2, 0.25) is 0 Å². The van der Waals surface area contributed by atoms with E-state index in [9.17, 15) is 9.90 Å². The number of hydrogen-bond acceptors (Lipinski definition) is 3. The van der Waals surface area contributed by atoms with Gasteiger partial charge >= 0.3 is 6.03 Å². The van der Waals surface area contributed by atoms with Crippen molar-refractivity contribution in [2.75, 3.05) is 19.8 Å². The largest absolute Gasteiger partial charge is 0.389 e. The fourth-order valence-electron chi connectivity index (χ4n) is 2.47. The number of urea groups is 1. The number of carbonyl (C=O) groups excluding carboxylic acids is 1. The van der Waals surface area contributed by atoms with Crippen molar-refractivity contribution in [1.29, 1.82) is 0 Å². The van der Waals surface area contributed by atoms with E-state index in [1.807, 2.05) is 11.8 Å². The van der Waals surface area contributed by atoms with Crippen LogP contribution in [0.5, 0.6) is 0 Å². The van der Waals surface area contributed by atoms with E-state index < -0.39 is 5.60 Å². The molecule has 0 aromatic rings. The summed E-state index contributed by atoms with van der Waals surface area (Å²) in [6, 6.07) is 0.189. The Bertz CT molecular complexity index is 279. The number of carbonyl (C=O) groups is 1. The molecule has 0 unspecified atom stereocenters. The van der Waals surface area contributed by atoms with Gasteiger partial charge in [-0.3, -0.25) is 0 Å². The lowest BCUT2D eigenvalue weighted by atomic mass is 9.95. The third-order valence-corrected chi connectivity index (χ3v) is 4.45. The molecule has 0 radical (unpaired) electrons. The van der Waals surface area contributed by atoms with Gasteiger partial charge in [-0.05, 0) is 32.9 Å². The molecule has 5 heteroatoms. The normalized spacial score (nSPS) is 24.7. The zero-order valence-electron chi connectivity index (χ0n) is 11.9. The molecule has 1 aliphatic rings. The SMILES string of the molecule is CS[C@@H]1CCCC[C@@H]1NC(=O)N(C)CC(C)(C)O. The Morgan fingerprint density at radius 1 is 1.44 bits per heavy atom. The Balaban J connectivity index is 2.47. The quantitative estimate of drug-likeness (QED) is 0.825. The first-order valence-corrected chi connectivity index (χ1v) is 7.89. The smallest absolute Gasteiger partial charge is 0.317 e. The van der Waals surface area contributed by atoms with Crippen LogP contribution in [0.25, 0.3) is 0 Å². The standard InChI is InChI=1S/C13H26N2O2S/c1-13(2,17)9-15(3)12(16)14-10-7-5-6-8-11(10)18-4/h10-11,17H,5-9H2,1-4H3,(H,14,16)/t10-,11+/m0/s1. The molecular weight excluding hydrogens is 248 g/mol. The maximum absolute atomic E-state index is 12.0. The highest BCUT2D eigenvalue weighted by molar-refractivity contribution is 7.99. The molecule has 2 atom stereocenters. The number of rotatable bonds is 4. The second-order valence-electron chi connectivity index (χ2n) is 5.78.